The highest BCUT2D eigenvalue weighted by molar-refractivity contribution is 5.49. The van der Waals surface area contributed by atoms with Gasteiger partial charge in [-0.3, -0.25) is 0 Å². The molecule has 0 heteroatoms. The van der Waals surface area contributed by atoms with E-state index in [1.165, 1.54) is 17.6 Å². The van der Waals surface area contributed by atoms with Crippen molar-refractivity contribution in [3.8, 4) is 0 Å². The average Bonchev–Trinajstić information content (AvgIpc) is 2.35. The molecule has 0 aliphatic heterocycles. The number of allylic oxidation sites excluding steroid dienone is 4. The van der Waals surface area contributed by atoms with Crippen molar-refractivity contribution in [3.05, 3.63) is 36.5 Å². The predicted molar refractivity (Wildman–Crippen MR) is 43.6 cm³/mol. The van der Waals surface area contributed by atoms with Crippen LogP contribution in [0.25, 0.3) is 0 Å². The Morgan fingerprint density at radius 3 is 2.60 bits per heavy atom. The minimum atomic E-state index is 0.266. The molecule has 0 spiro atoms. The van der Waals surface area contributed by atoms with Gasteiger partial charge in [0.25, 0.3) is 0 Å². The van der Waals surface area contributed by atoms with Gasteiger partial charge < -0.3 is 0 Å². The van der Waals surface area contributed by atoms with Crippen LogP contribution in [0, 0.1) is 11.3 Å². The van der Waals surface area contributed by atoms with Crippen molar-refractivity contribution in [1.29, 1.82) is 0 Å². The fourth-order valence-electron chi connectivity index (χ4n) is 1.98. The smallest absolute Gasteiger partial charge is 0.0109 e. The molecule has 10 heavy (non-hydrogen) atoms. The molecule has 2 aliphatic carbocycles. The molecule has 2 aliphatic rings. The van der Waals surface area contributed by atoms with E-state index in [1.54, 1.807) is 0 Å². The van der Waals surface area contributed by atoms with E-state index in [-0.39, 0.29) is 5.41 Å². The van der Waals surface area contributed by atoms with Gasteiger partial charge in [0, 0.05) is 11.3 Å². The highest BCUT2D eigenvalue weighted by atomic mass is 14.5. The van der Waals surface area contributed by atoms with Crippen LogP contribution >= 0.6 is 0 Å². The van der Waals surface area contributed by atoms with Crippen molar-refractivity contribution < 1.29 is 0 Å². The molecule has 0 amide bonds. The van der Waals surface area contributed by atoms with Crippen LogP contribution in [0.5, 0.6) is 0 Å². The lowest BCUT2D eigenvalue weighted by atomic mass is 9.85. The molecule has 0 aromatic rings. The maximum absolute atomic E-state index is 4.04. The highest BCUT2D eigenvalue weighted by Gasteiger charge is 2.42. The molecule has 0 aromatic carbocycles. The molecule has 0 N–H and O–H groups in total. The average molecular weight is 132 g/mol. The van der Waals surface area contributed by atoms with E-state index in [1.807, 2.05) is 0 Å². The lowest BCUT2D eigenvalue weighted by Crippen LogP contribution is -2.07. The lowest BCUT2D eigenvalue weighted by molar-refractivity contribution is 0.534. The Labute approximate surface area is 61.9 Å². The molecule has 2 atom stereocenters. The van der Waals surface area contributed by atoms with Crippen LogP contribution in [0.4, 0.5) is 0 Å². The first kappa shape index (κ1) is 5.96. The summed E-state index contributed by atoms with van der Waals surface area (Å²) in [5, 5.41) is 0. The van der Waals surface area contributed by atoms with E-state index in [9.17, 15) is 0 Å². The summed E-state index contributed by atoms with van der Waals surface area (Å²) in [6.45, 7) is 10.3. The summed E-state index contributed by atoms with van der Waals surface area (Å²) in [5.41, 5.74) is 2.77. The molecule has 2 bridgehead atoms. The zero-order valence-corrected chi connectivity index (χ0v) is 6.35. The molecular weight excluding hydrogens is 120 g/mol. The summed E-state index contributed by atoms with van der Waals surface area (Å²) in [6.07, 6.45) is 5.75. The Morgan fingerprint density at radius 1 is 1.60 bits per heavy atom. The SMILES string of the molecule is C=C1C(=C)C2(C)C=CC1C2. The van der Waals surface area contributed by atoms with Gasteiger partial charge in [0.15, 0.2) is 0 Å². The molecule has 2 rings (SSSR count). The van der Waals surface area contributed by atoms with Crippen molar-refractivity contribution in [1.82, 2.24) is 0 Å². The van der Waals surface area contributed by atoms with E-state index < -0.39 is 0 Å². The number of hydrogen-bond donors (Lipinski definition) is 0. The fraction of sp³-hybridized carbons (Fsp3) is 0.400. The third-order valence-corrected chi connectivity index (χ3v) is 2.86. The Bertz CT molecular complexity index is 245. The minimum Gasteiger partial charge on any atom is -0.0949 e. The number of fused-ring (bicyclic) bond motifs is 2. The van der Waals surface area contributed by atoms with Crippen LogP contribution < -0.4 is 0 Å². The van der Waals surface area contributed by atoms with E-state index in [2.05, 4.69) is 32.2 Å². The maximum Gasteiger partial charge on any atom is 0.0109 e. The molecule has 52 valence electrons. The van der Waals surface area contributed by atoms with Crippen molar-refractivity contribution in [2.75, 3.05) is 0 Å². The summed E-state index contributed by atoms with van der Waals surface area (Å²) in [5.74, 6) is 0.609. The zero-order chi connectivity index (χ0) is 7.35. The second-order valence-electron chi connectivity index (χ2n) is 3.59. The van der Waals surface area contributed by atoms with Crippen LogP contribution in [0.3, 0.4) is 0 Å². The second kappa shape index (κ2) is 1.45. The van der Waals surface area contributed by atoms with Crippen LogP contribution in [0.2, 0.25) is 0 Å². The van der Waals surface area contributed by atoms with E-state index in [0.717, 1.165) is 0 Å². The van der Waals surface area contributed by atoms with Gasteiger partial charge in [0.2, 0.25) is 0 Å². The molecule has 0 saturated heterocycles. The summed E-state index contributed by atoms with van der Waals surface area (Å²) in [7, 11) is 0. The van der Waals surface area contributed by atoms with Crippen LogP contribution in [-0.4, -0.2) is 0 Å². The molecule has 0 nitrogen and oxygen atoms in total. The quantitative estimate of drug-likeness (QED) is 0.444. The van der Waals surface area contributed by atoms with Crippen LogP contribution in [-0.2, 0) is 0 Å². The number of rotatable bonds is 0. The lowest BCUT2D eigenvalue weighted by Gasteiger charge is -2.19. The first-order valence-corrected chi connectivity index (χ1v) is 3.71. The maximum atomic E-state index is 4.04. The largest absolute Gasteiger partial charge is 0.0949 e. The number of hydrogen-bond acceptors (Lipinski definition) is 0. The van der Waals surface area contributed by atoms with Crippen LogP contribution in [0.1, 0.15) is 13.3 Å². The monoisotopic (exact) mass is 132 g/mol. The zero-order valence-electron chi connectivity index (χ0n) is 6.35. The minimum absolute atomic E-state index is 0.266. The highest BCUT2D eigenvalue weighted by Crippen LogP contribution is 2.54. The van der Waals surface area contributed by atoms with E-state index in [4.69, 9.17) is 0 Å². The van der Waals surface area contributed by atoms with Gasteiger partial charge >= 0.3 is 0 Å². The van der Waals surface area contributed by atoms with E-state index >= 15 is 0 Å². The van der Waals surface area contributed by atoms with Gasteiger partial charge in [0.05, 0.1) is 0 Å². The van der Waals surface area contributed by atoms with Gasteiger partial charge in [-0.05, 0) is 17.6 Å². The van der Waals surface area contributed by atoms with Gasteiger partial charge in [-0.15, -0.1) is 0 Å². The Balaban J connectivity index is 2.54. The van der Waals surface area contributed by atoms with Gasteiger partial charge in [0.1, 0.15) is 0 Å². The summed E-state index contributed by atoms with van der Waals surface area (Å²) >= 11 is 0. The van der Waals surface area contributed by atoms with Crippen molar-refractivity contribution in [2.45, 2.75) is 13.3 Å². The molecule has 0 aromatic heterocycles. The Kier molecular flexibility index (Phi) is 0.862. The van der Waals surface area contributed by atoms with Gasteiger partial charge in [-0.1, -0.05) is 32.2 Å². The predicted octanol–water partition coefficient (Wildman–Crippen LogP) is 2.69. The second-order valence-corrected chi connectivity index (χ2v) is 3.59. The van der Waals surface area contributed by atoms with Crippen molar-refractivity contribution in [3.63, 3.8) is 0 Å². The molecule has 1 fully saturated rings. The first-order valence-electron chi connectivity index (χ1n) is 3.71. The molecule has 2 unspecified atom stereocenters. The molecule has 0 heterocycles. The summed E-state index contributed by atoms with van der Waals surface area (Å²) in [4.78, 5) is 0. The topological polar surface area (TPSA) is 0 Å². The van der Waals surface area contributed by atoms with Crippen molar-refractivity contribution >= 4 is 0 Å². The third kappa shape index (κ3) is 0.476. The third-order valence-electron chi connectivity index (χ3n) is 2.86. The summed E-state index contributed by atoms with van der Waals surface area (Å²) in [6, 6.07) is 0. The van der Waals surface area contributed by atoms with Crippen molar-refractivity contribution in [2.24, 2.45) is 11.3 Å². The van der Waals surface area contributed by atoms with Gasteiger partial charge in [-0.2, -0.15) is 0 Å². The first-order chi connectivity index (χ1) is 4.63. The Hall–Kier alpha value is -0.780. The van der Waals surface area contributed by atoms with Gasteiger partial charge in [-0.25, -0.2) is 0 Å². The van der Waals surface area contributed by atoms with Crippen LogP contribution in [0.15, 0.2) is 36.5 Å². The summed E-state index contributed by atoms with van der Waals surface area (Å²) < 4.78 is 0. The molecule has 1 saturated carbocycles. The fourth-order valence-corrected chi connectivity index (χ4v) is 1.98. The molecule has 0 radical (unpaired) electrons. The molecular formula is C10H12. The normalized spacial score (nSPS) is 43.5. The standard InChI is InChI=1S/C10H12/c1-7-8(2)10(3)5-4-9(7)6-10/h4-5,9H,1-2,6H2,3H3. The Morgan fingerprint density at radius 2 is 2.30 bits per heavy atom. The van der Waals surface area contributed by atoms with E-state index in [0.29, 0.717) is 5.92 Å².